The lowest BCUT2D eigenvalue weighted by atomic mass is 9.87. The van der Waals surface area contributed by atoms with Gasteiger partial charge in [-0.05, 0) is 171 Å². The molecule has 260 valence electrons. The summed E-state index contributed by atoms with van der Waals surface area (Å²) in [5.41, 5.74) is 22.8. The summed E-state index contributed by atoms with van der Waals surface area (Å²) in [4.78, 5) is 16.7. The molecule has 8 bridgehead atoms. The Labute approximate surface area is 305 Å². The number of benzene rings is 2. The molecule has 4 nitrogen and oxygen atoms in total. The second-order valence-corrected chi connectivity index (χ2v) is 16.1. The summed E-state index contributed by atoms with van der Waals surface area (Å²) in [5, 5.41) is 5.27. The van der Waals surface area contributed by atoms with Gasteiger partial charge in [0.2, 0.25) is 0 Å². The third kappa shape index (κ3) is 4.79. The third-order valence-corrected chi connectivity index (χ3v) is 13.1. The molecule has 4 heteroatoms. The number of fused-ring (bicyclic) bond motifs is 20. The molecule has 4 aromatic heterocycles. The van der Waals surface area contributed by atoms with Gasteiger partial charge in [-0.2, -0.15) is 0 Å². The summed E-state index contributed by atoms with van der Waals surface area (Å²) < 4.78 is 0. The van der Waals surface area contributed by atoms with Gasteiger partial charge in [-0.1, -0.05) is 60.7 Å². The van der Waals surface area contributed by atoms with Gasteiger partial charge < -0.3 is 19.9 Å². The molecule has 0 atom stereocenters. The van der Waals surface area contributed by atoms with Crippen LogP contribution in [-0.4, -0.2) is 19.9 Å². The molecule has 6 aromatic rings. The molecule has 2 aromatic carbocycles. The average Bonchev–Trinajstić information content (AvgIpc) is 3.96. The van der Waals surface area contributed by atoms with Gasteiger partial charge in [0.25, 0.3) is 0 Å². The number of nitrogens with one attached hydrogen (secondary N) is 4. The summed E-state index contributed by atoms with van der Waals surface area (Å²) in [5.74, 6) is 0. The highest BCUT2D eigenvalue weighted by Gasteiger charge is 2.28. The zero-order valence-electron chi connectivity index (χ0n) is 30.2. The van der Waals surface area contributed by atoms with Crippen LogP contribution in [-0.2, 0) is 51.4 Å². The lowest BCUT2D eigenvalue weighted by Gasteiger charge is -2.16. The first-order chi connectivity index (χ1) is 25.8. The first-order valence-electron chi connectivity index (χ1n) is 20.3. The van der Waals surface area contributed by atoms with Crippen LogP contribution in [0.5, 0.6) is 0 Å². The highest BCUT2D eigenvalue weighted by atomic mass is 14.8. The van der Waals surface area contributed by atoms with E-state index in [0.29, 0.717) is 0 Å². The second-order valence-electron chi connectivity index (χ2n) is 16.1. The lowest BCUT2D eigenvalue weighted by molar-refractivity contribution is 0.683. The number of hydrogen-bond donors (Lipinski definition) is 4. The largest absolute Gasteiger partial charge is 0.354 e. The Kier molecular flexibility index (Phi) is 7.27. The fraction of sp³-hybridized carbons (Fsp3) is 0.333. The number of aromatic amines is 4. The summed E-state index contributed by atoms with van der Waals surface area (Å²) in [6.45, 7) is 0. The Morgan fingerprint density at radius 3 is 1.08 bits per heavy atom. The van der Waals surface area contributed by atoms with Gasteiger partial charge >= 0.3 is 0 Å². The summed E-state index contributed by atoms with van der Waals surface area (Å²) >= 11 is 0. The highest BCUT2D eigenvalue weighted by molar-refractivity contribution is 5.84. The number of aromatic nitrogens is 4. The van der Waals surface area contributed by atoms with E-state index in [4.69, 9.17) is 0 Å². The fourth-order valence-corrected chi connectivity index (χ4v) is 10.7. The molecule has 0 radical (unpaired) electrons. The number of rotatable bonds is 2. The highest BCUT2D eigenvalue weighted by Crippen LogP contribution is 2.36. The molecule has 4 aliphatic carbocycles. The van der Waals surface area contributed by atoms with Gasteiger partial charge in [0.05, 0.1) is 22.1 Å². The minimum atomic E-state index is 1.13. The molecule has 1 aliphatic heterocycles. The molecule has 5 aliphatic rings. The summed E-state index contributed by atoms with van der Waals surface area (Å²) in [7, 11) is 0. The van der Waals surface area contributed by atoms with Crippen molar-refractivity contribution in [3.63, 3.8) is 0 Å². The van der Waals surface area contributed by atoms with E-state index >= 15 is 0 Å². The van der Waals surface area contributed by atoms with Gasteiger partial charge in [0.1, 0.15) is 0 Å². The van der Waals surface area contributed by atoms with Crippen LogP contribution in [0.2, 0.25) is 0 Å². The van der Waals surface area contributed by atoms with Gasteiger partial charge in [0, 0.05) is 33.2 Å². The van der Waals surface area contributed by atoms with E-state index in [1.807, 2.05) is 0 Å². The molecule has 0 spiro atoms. The molecule has 52 heavy (non-hydrogen) atoms. The van der Waals surface area contributed by atoms with Crippen LogP contribution < -0.4 is 21.4 Å². The Morgan fingerprint density at radius 1 is 0.327 bits per heavy atom. The van der Waals surface area contributed by atoms with E-state index in [9.17, 15) is 0 Å². The number of hydrogen-bond acceptors (Lipinski definition) is 0. The van der Waals surface area contributed by atoms with Crippen molar-refractivity contribution >= 4 is 23.3 Å². The van der Waals surface area contributed by atoms with Crippen LogP contribution in [0.1, 0.15) is 130 Å². The molecule has 5 heterocycles. The van der Waals surface area contributed by atoms with Crippen LogP contribution in [0.15, 0.2) is 60.7 Å². The molecule has 0 unspecified atom stereocenters. The average molecular weight is 681 g/mol. The quantitative estimate of drug-likeness (QED) is 0.152. The minimum absolute atomic E-state index is 1.13. The molecule has 0 saturated carbocycles. The Hall–Kier alpha value is -4.96. The van der Waals surface area contributed by atoms with E-state index in [0.717, 1.165) is 51.4 Å². The van der Waals surface area contributed by atoms with Gasteiger partial charge in [0.15, 0.2) is 0 Å². The summed E-state index contributed by atoms with van der Waals surface area (Å²) in [6, 6.07) is 22.5. The second kappa shape index (κ2) is 12.3. The maximum atomic E-state index is 4.17. The van der Waals surface area contributed by atoms with Crippen molar-refractivity contribution in [1.82, 2.24) is 19.9 Å². The van der Waals surface area contributed by atoms with E-state index < -0.39 is 0 Å². The van der Waals surface area contributed by atoms with Crippen molar-refractivity contribution in [1.29, 1.82) is 0 Å². The fourth-order valence-electron chi connectivity index (χ4n) is 10.7. The minimum Gasteiger partial charge on any atom is -0.354 e. The normalized spacial score (nSPS) is 17.8. The molecular weight excluding hydrogens is 633 g/mol. The first-order valence-corrected chi connectivity index (χ1v) is 20.3. The molecule has 0 saturated heterocycles. The van der Waals surface area contributed by atoms with Crippen molar-refractivity contribution in [2.24, 2.45) is 0 Å². The monoisotopic (exact) mass is 680 g/mol. The van der Waals surface area contributed by atoms with Crippen molar-refractivity contribution in [3.8, 4) is 0 Å². The van der Waals surface area contributed by atoms with E-state index in [1.165, 1.54) is 162 Å². The predicted molar refractivity (Wildman–Crippen MR) is 211 cm³/mol. The topological polar surface area (TPSA) is 63.2 Å². The van der Waals surface area contributed by atoms with Crippen LogP contribution in [0, 0.1) is 0 Å². The van der Waals surface area contributed by atoms with Crippen LogP contribution in [0.4, 0.5) is 0 Å². The maximum Gasteiger partial charge on any atom is 0.0521 e. The SMILES string of the molecule is C1=c2[nH]c(c3c2CCCC3)=C(c2ccccc2)c2[nH]c(c3c2CCCC3)C=c2[nH]c(c3c2CCCC3)=C(c2ccccc2)c2[nH]c1c1c2CCCC1. The molecule has 0 amide bonds. The van der Waals surface area contributed by atoms with Crippen molar-refractivity contribution in [2.75, 3.05) is 0 Å². The third-order valence-electron chi connectivity index (χ3n) is 13.1. The Bertz CT molecular complexity index is 2430. The van der Waals surface area contributed by atoms with E-state index in [1.54, 1.807) is 0 Å². The Morgan fingerprint density at radius 2 is 0.673 bits per heavy atom. The lowest BCUT2D eigenvalue weighted by Crippen LogP contribution is -2.19. The van der Waals surface area contributed by atoms with Crippen LogP contribution in [0.25, 0.3) is 23.3 Å². The standard InChI is InChI=1S/C48H48N4/c1-3-15-29(16-4-1)43-45-35-23-11-7-19-31(35)39(49-45)27-41-33-21-9-13-25-37(33)47(51-41)44(30-17-5-2-6-18-30)48-38-26-14-10-22-34(38)42(52-48)28-40-32-20-8-12-24-36(32)46(43)50-40/h1-6,15-18,27-28,49-52H,7-14,19-26H2. The molecular formula is C48H48N4. The van der Waals surface area contributed by atoms with Gasteiger partial charge in [-0.15, -0.1) is 0 Å². The predicted octanol–water partition coefficient (Wildman–Crippen LogP) is 6.98. The van der Waals surface area contributed by atoms with Gasteiger partial charge in [-0.25, -0.2) is 0 Å². The van der Waals surface area contributed by atoms with E-state index in [-0.39, 0.29) is 0 Å². The molecule has 11 rings (SSSR count). The van der Waals surface area contributed by atoms with Crippen LogP contribution in [0.3, 0.4) is 0 Å². The Balaban J connectivity index is 1.34. The van der Waals surface area contributed by atoms with Crippen molar-refractivity contribution in [3.05, 3.63) is 160 Å². The first kappa shape index (κ1) is 30.6. The van der Waals surface area contributed by atoms with Crippen molar-refractivity contribution in [2.45, 2.75) is 103 Å². The van der Waals surface area contributed by atoms with Gasteiger partial charge in [-0.3, -0.25) is 0 Å². The molecule has 4 N–H and O–H groups in total. The van der Waals surface area contributed by atoms with E-state index in [2.05, 4.69) is 92.8 Å². The van der Waals surface area contributed by atoms with Crippen LogP contribution >= 0.6 is 0 Å². The smallest absolute Gasteiger partial charge is 0.0521 e. The maximum absolute atomic E-state index is 4.17. The summed E-state index contributed by atoms with van der Waals surface area (Å²) in [6.07, 6.45) is 24.1. The zero-order chi connectivity index (χ0) is 34.2. The van der Waals surface area contributed by atoms with Crippen molar-refractivity contribution < 1.29 is 0 Å². The molecule has 0 fully saturated rings. The number of H-pyrrole nitrogens is 4. The zero-order valence-corrected chi connectivity index (χ0v) is 30.2.